The van der Waals surface area contributed by atoms with Crippen molar-refractivity contribution in [2.75, 3.05) is 6.54 Å². The molecule has 1 fully saturated rings. The van der Waals surface area contributed by atoms with Crippen molar-refractivity contribution in [1.29, 1.82) is 0 Å². The highest BCUT2D eigenvalue weighted by molar-refractivity contribution is 7.80. The average molecular weight is 371 g/mol. The molecule has 26 heavy (non-hydrogen) atoms. The Bertz CT molecular complexity index is 946. The van der Waals surface area contributed by atoms with E-state index >= 15 is 0 Å². The predicted octanol–water partition coefficient (Wildman–Crippen LogP) is 2.50. The Hall–Kier alpha value is -3.33. The Labute approximate surface area is 153 Å². The molecular formula is C17H13N3O5S. The molecule has 1 saturated heterocycles. The Balaban J connectivity index is 1.88. The zero-order valence-electron chi connectivity index (χ0n) is 13.6. The summed E-state index contributed by atoms with van der Waals surface area (Å²) < 4.78 is 5.64. The van der Waals surface area contributed by atoms with Gasteiger partial charge in [-0.25, -0.2) is 0 Å². The number of nitro groups is 1. The normalized spacial score (nSPS) is 16.1. The van der Waals surface area contributed by atoms with Gasteiger partial charge in [0.25, 0.3) is 17.5 Å². The van der Waals surface area contributed by atoms with Crippen molar-refractivity contribution in [3.8, 4) is 11.3 Å². The first-order valence-electron chi connectivity index (χ1n) is 7.64. The maximum atomic E-state index is 12.4. The summed E-state index contributed by atoms with van der Waals surface area (Å²) in [7, 11) is 0. The lowest BCUT2D eigenvalue weighted by molar-refractivity contribution is -0.384. The summed E-state index contributed by atoms with van der Waals surface area (Å²) >= 11 is 4.97. The second-order valence-electron chi connectivity index (χ2n) is 5.37. The van der Waals surface area contributed by atoms with Crippen LogP contribution in [0.1, 0.15) is 12.7 Å². The number of furan rings is 1. The first-order valence-corrected chi connectivity index (χ1v) is 8.05. The van der Waals surface area contributed by atoms with E-state index < -0.39 is 16.7 Å². The number of carbonyl (C=O) groups is 2. The molecule has 2 aromatic rings. The number of hydrogen-bond acceptors (Lipinski definition) is 6. The van der Waals surface area contributed by atoms with E-state index in [1.54, 1.807) is 31.2 Å². The lowest BCUT2D eigenvalue weighted by Gasteiger charge is -2.27. The molecule has 0 unspecified atom stereocenters. The Morgan fingerprint density at radius 3 is 2.54 bits per heavy atom. The number of amides is 2. The Morgan fingerprint density at radius 2 is 1.92 bits per heavy atom. The molecule has 2 amide bonds. The minimum atomic E-state index is -0.585. The summed E-state index contributed by atoms with van der Waals surface area (Å²) in [6.07, 6.45) is 1.34. The zero-order chi connectivity index (χ0) is 18.8. The van der Waals surface area contributed by atoms with Crippen LogP contribution in [-0.4, -0.2) is 33.3 Å². The monoisotopic (exact) mass is 371 g/mol. The van der Waals surface area contributed by atoms with Gasteiger partial charge in [0.1, 0.15) is 17.1 Å². The Kier molecular flexibility index (Phi) is 4.63. The van der Waals surface area contributed by atoms with Crippen molar-refractivity contribution in [3.05, 3.63) is 57.8 Å². The van der Waals surface area contributed by atoms with Crippen molar-refractivity contribution in [3.63, 3.8) is 0 Å². The molecule has 3 rings (SSSR count). The van der Waals surface area contributed by atoms with E-state index in [0.717, 1.165) is 0 Å². The van der Waals surface area contributed by atoms with Crippen molar-refractivity contribution in [2.24, 2.45) is 0 Å². The smallest absolute Gasteiger partial charge is 0.269 e. The fourth-order valence-corrected chi connectivity index (χ4v) is 2.76. The number of thiocarbonyl (C=S) groups is 1. The Morgan fingerprint density at radius 1 is 1.23 bits per heavy atom. The van der Waals surface area contributed by atoms with Gasteiger partial charge in [-0.1, -0.05) is 0 Å². The van der Waals surface area contributed by atoms with Crippen LogP contribution in [0, 0.1) is 10.1 Å². The molecule has 2 heterocycles. The summed E-state index contributed by atoms with van der Waals surface area (Å²) in [5.41, 5.74) is 0.531. The topological polar surface area (TPSA) is 106 Å². The molecule has 1 N–H and O–H groups in total. The number of non-ortho nitro benzene ring substituents is 1. The van der Waals surface area contributed by atoms with Crippen LogP contribution in [0.5, 0.6) is 0 Å². The van der Waals surface area contributed by atoms with Crippen LogP contribution in [0.2, 0.25) is 0 Å². The van der Waals surface area contributed by atoms with E-state index in [4.69, 9.17) is 16.6 Å². The molecule has 0 radical (unpaired) electrons. The second kappa shape index (κ2) is 6.89. The first-order chi connectivity index (χ1) is 12.4. The van der Waals surface area contributed by atoms with Gasteiger partial charge in [-0.05, 0) is 49.5 Å². The van der Waals surface area contributed by atoms with Crippen LogP contribution in [-0.2, 0) is 9.59 Å². The number of nitro benzene ring substituents is 1. The summed E-state index contributed by atoms with van der Waals surface area (Å²) in [6.45, 7) is 2.08. The van der Waals surface area contributed by atoms with Crippen molar-refractivity contribution in [1.82, 2.24) is 10.2 Å². The van der Waals surface area contributed by atoms with Crippen molar-refractivity contribution >= 4 is 40.9 Å². The number of hydrogen-bond donors (Lipinski definition) is 1. The third-order valence-corrected chi connectivity index (χ3v) is 4.10. The van der Waals surface area contributed by atoms with Crippen LogP contribution in [0.25, 0.3) is 17.4 Å². The maximum absolute atomic E-state index is 12.4. The number of nitrogens with zero attached hydrogens (tertiary/aromatic N) is 2. The maximum Gasteiger partial charge on any atom is 0.269 e. The van der Waals surface area contributed by atoms with E-state index in [2.05, 4.69) is 5.32 Å². The highest BCUT2D eigenvalue weighted by atomic mass is 32.1. The largest absolute Gasteiger partial charge is 0.457 e. The van der Waals surface area contributed by atoms with Gasteiger partial charge in [-0.2, -0.15) is 0 Å². The van der Waals surface area contributed by atoms with E-state index in [1.807, 2.05) is 0 Å². The fraction of sp³-hybridized carbons (Fsp3) is 0.118. The van der Waals surface area contributed by atoms with E-state index in [0.29, 0.717) is 23.6 Å². The van der Waals surface area contributed by atoms with Crippen molar-refractivity contribution < 1.29 is 18.9 Å². The molecule has 0 spiro atoms. The molecule has 132 valence electrons. The second-order valence-corrected chi connectivity index (χ2v) is 5.76. The van der Waals surface area contributed by atoms with Crippen LogP contribution in [0.3, 0.4) is 0 Å². The van der Waals surface area contributed by atoms with Crippen LogP contribution < -0.4 is 5.32 Å². The van der Waals surface area contributed by atoms with Gasteiger partial charge in [0.05, 0.1) is 4.92 Å². The number of rotatable bonds is 4. The minimum Gasteiger partial charge on any atom is -0.457 e. The van der Waals surface area contributed by atoms with Gasteiger partial charge in [0.15, 0.2) is 5.11 Å². The molecule has 1 aliphatic rings. The number of nitrogens with one attached hydrogen (secondary N) is 1. The van der Waals surface area contributed by atoms with Crippen LogP contribution in [0.4, 0.5) is 5.69 Å². The molecule has 1 aromatic heterocycles. The minimum absolute atomic E-state index is 0.0252. The molecule has 0 saturated carbocycles. The lowest BCUT2D eigenvalue weighted by atomic mass is 10.1. The quantitative estimate of drug-likeness (QED) is 0.291. The first kappa shape index (κ1) is 17.5. The lowest BCUT2D eigenvalue weighted by Crippen LogP contribution is -2.53. The molecule has 1 aromatic carbocycles. The van der Waals surface area contributed by atoms with Crippen LogP contribution >= 0.6 is 12.2 Å². The molecule has 0 aliphatic carbocycles. The third kappa shape index (κ3) is 3.24. The van der Waals surface area contributed by atoms with Gasteiger partial charge in [-0.15, -0.1) is 0 Å². The summed E-state index contributed by atoms with van der Waals surface area (Å²) in [5.74, 6) is -0.313. The van der Waals surface area contributed by atoms with Gasteiger partial charge in [-0.3, -0.25) is 29.9 Å². The van der Waals surface area contributed by atoms with Gasteiger partial charge in [0.2, 0.25) is 0 Å². The van der Waals surface area contributed by atoms with Crippen molar-refractivity contribution in [2.45, 2.75) is 6.92 Å². The number of benzene rings is 1. The van der Waals surface area contributed by atoms with Gasteiger partial charge in [0, 0.05) is 24.2 Å². The molecule has 8 nitrogen and oxygen atoms in total. The van der Waals surface area contributed by atoms with E-state index in [-0.39, 0.29) is 16.4 Å². The summed E-state index contributed by atoms with van der Waals surface area (Å²) in [6, 6.07) is 9.12. The van der Waals surface area contributed by atoms with Gasteiger partial charge < -0.3 is 4.42 Å². The summed E-state index contributed by atoms with van der Waals surface area (Å²) in [5, 5.41) is 13.2. The SMILES string of the molecule is CCN1C(=O)/C(=C/c2ccc(-c3ccc([N+](=O)[O-])cc3)o2)C(=O)NC1=S. The molecular weight excluding hydrogens is 358 g/mol. The molecule has 1 aliphatic heterocycles. The fourth-order valence-electron chi connectivity index (χ4n) is 2.46. The van der Waals surface area contributed by atoms with E-state index in [1.165, 1.54) is 23.1 Å². The highest BCUT2D eigenvalue weighted by Gasteiger charge is 2.32. The average Bonchev–Trinajstić information content (AvgIpc) is 3.07. The number of carbonyl (C=O) groups excluding carboxylic acids is 2. The molecule has 9 heteroatoms. The van der Waals surface area contributed by atoms with Gasteiger partial charge >= 0.3 is 0 Å². The number of likely N-dealkylation sites (N-methyl/N-ethyl adjacent to an activating group) is 1. The summed E-state index contributed by atoms with van der Waals surface area (Å²) in [4.78, 5) is 35.9. The van der Waals surface area contributed by atoms with Crippen LogP contribution in [0.15, 0.2) is 46.4 Å². The predicted molar refractivity (Wildman–Crippen MR) is 96.9 cm³/mol. The zero-order valence-corrected chi connectivity index (χ0v) is 14.4. The third-order valence-electron chi connectivity index (χ3n) is 3.78. The van der Waals surface area contributed by atoms with E-state index in [9.17, 15) is 19.7 Å². The molecule has 0 atom stereocenters. The highest BCUT2D eigenvalue weighted by Crippen LogP contribution is 2.26. The standard InChI is InChI=1S/C17H13N3O5S/c1-2-19-16(22)13(15(21)18-17(19)26)9-12-7-8-14(25-12)10-3-5-11(6-4-10)20(23)24/h3-9H,2H2,1H3,(H,18,21,26)/b13-9+. The molecule has 0 bridgehead atoms.